The Kier molecular flexibility index (Phi) is 3.57. The molecule has 7 heteroatoms. The van der Waals surface area contributed by atoms with Crippen molar-refractivity contribution >= 4 is 16.7 Å². The fourth-order valence-electron chi connectivity index (χ4n) is 3.17. The highest BCUT2D eigenvalue weighted by Gasteiger charge is 2.14. The fraction of sp³-hybridized carbons (Fsp3) is 0.100. The van der Waals surface area contributed by atoms with E-state index in [4.69, 9.17) is 4.74 Å². The van der Waals surface area contributed by atoms with Crippen molar-refractivity contribution < 1.29 is 4.74 Å². The number of fused-ring (bicyclic) bond motifs is 3. The number of para-hydroxylation sites is 1. The van der Waals surface area contributed by atoms with Crippen molar-refractivity contribution in [3.63, 3.8) is 0 Å². The Morgan fingerprint density at radius 1 is 0.926 bits per heavy atom. The van der Waals surface area contributed by atoms with Gasteiger partial charge >= 0.3 is 0 Å². The van der Waals surface area contributed by atoms with Crippen molar-refractivity contribution in [3.05, 3.63) is 78.5 Å². The van der Waals surface area contributed by atoms with Crippen molar-refractivity contribution in [1.82, 2.24) is 29.4 Å². The lowest BCUT2D eigenvalue weighted by Gasteiger charge is -2.04. The highest BCUT2D eigenvalue weighted by Crippen LogP contribution is 2.21. The molecule has 0 aliphatic rings. The Balaban J connectivity index is 1.56. The lowest BCUT2D eigenvalue weighted by molar-refractivity contribution is 0.414. The summed E-state index contributed by atoms with van der Waals surface area (Å²) in [5.41, 5.74) is 3.61. The molecule has 3 heterocycles. The number of ether oxygens (including phenoxy) is 1. The number of rotatable bonds is 4. The first-order valence-corrected chi connectivity index (χ1v) is 8.58. The van der Waals surface area contributed by atoms with Crippen molar-refractivity contribution in [3.8, 4) is 11.4 Å². The van der Waals surface area contributed by atoms with Gasteiger partial charge in [-0.25, -0.2) is 9.67 Å². The first kappa shape index (κ1) is 15.5. The maximum atomic E-state index is 5.21. The van der Waals surface area contributed by atoms with Gasteiger partial charge in [0.15, 0.2) is 11.3 Å². The summed E-state index contributed by atoms with van der Waals surface area (Å²) in [7, 11) is 1.66. The third-order valence-electron chi connectivity index (χ3n) is 4.57. The summed E-state index contributed by atoms with van der Waals surface area (Å²) in [6.07, 6.45) is 4.21. The summed E-state index contributed by atoms with van der Waals surface area (Å²) < 4.78 is 8.94. The standard InChI is InChI=1S/C20H16N6O/c1-27-16-9-7-14(8-10-16)11-18-23-24-20-17-12-22-26(15-5-3-2-4-6-15)19(17)21-13-25(18)20/h2-10,12-13H,11H2,1H3. The summed E-state index contributed by atoms with van der Waals surface area (Å²) in [4.78, 5) is 4.61. The SMILES string of the molecule is COc1ccc(Cc2nnc3c4cnn(-c5ccccc5)c4ncn23)cc1. The Labute approximate surface area is 154 Å². The number of aromatic nitrogens is 6. The van der Waals surface area contributed by atoms with Gasteiger partial charge < -0.3 is 4.74 Å². The van der Waals surface area contributed by atoms with Gasteiger partial charge in [-0.3, -0.25) is 4.40 Å². The van der Waals surface area contributed by atoms with Gasteiger partial charge in [-0.15, -0.1) is 10.2 Å². The molecule has 0 spiro atoms. The topological polar surface area (TPSA) is 70.1 Å². The molecular formula is C20H16N6O. The van der Waals surface area contributed by atoms with E-state index in [1.807, 2.05) is 63.7 Å². The Hall–Kier alpha value is -3.74. The fourth-order valence-corrected chi connectivity index (χ4v) is 3.17. The van der Waals surface area contributed by atoms with Crippen LogP contribution in [0.4, 0.5) is 0 Å². The zero-order valence-corrected chi connectivity index (χ0v) is 14.6. The summed E-state index contributed by atoms with van der Waals surface area (Å²) in [6.45, 7) is 0. The molecule has 5 aromatic rings. The molecule has 27 heavy (non-hydrogen) atoms. The van der Waals surface area contributed by atoms with Crippen molar-refractivity contribution in [1.29, 1.82) is 0 Å². The minimum absolute atomic E-state index is 0.658. The van der Waals surface area contributed by atoms with Crippen molar-refractivity contribution in [2.45, 2.75) is 6.42 Å². The molecule has 5 rings (SSSR count). The lowest BCUT2D eigenvalue weighted by atomic mass is 10.1. The van der Waals surface area contributed by atoms with Crippen LogP contribution < -0.4 is 4.74 Å². The largest absolute Gasteiger partial charge is 0.497 e. The minimum atomic E-state index is 0.658. The third-order valence-corrected chi connectivity index (χ3v) is 4.57. The van der Waals surface area contributed by atoms with Crippen LogP contribution in [-0.4, -0.2) is 36.5 Å². The van der Waals surface area contributed by atoms with Crippen molar-refractivity contribution in [2.24, 2.45) is 0 Å². The van der Waals surface area contributed by atoms with Crippen LogP contribution in [0.3, 0.4) is 0 Å². The van der Waals surface area contributed by atoms with Gasteiger partial charge in [-0.1, -0.05) is 30.3 Å². The summed E-state index contributed by atoms with van der Waals surface area (Å²) in [5, 5.41) is 14.1. The van der Waals surface area contributed by atoms with E-state index in [9.17, 15) is 0 Å². The van der Waals surface area contributed by atoms with Gasteiger partial charge in [0, 0.05) is 6.42 Å². The Morgan fingerprint density at radius 2 is 1.74 bits per heavy atom. The summed E-state index contributed by atoms with van der Waals surface area (Å²) in [5.74, 6) is 1.67. The monoisotopic (exact) mass is 356 g/mol. The van der Waals surface area contributed by atoms with E-state index in [0.717, 1.165) is 39.5 Å². The molecule has 0 amide bonds. The van der Waals surface area contributed by atoms with Gasteiger partial charge in [-0.2, -0.15) is 5.10 Å². The maximum Gasteiger partial charge on any atom is 0.174 e. The lowest BCUT2D eigenvalue weighted by Crippen LogP contribution is -2.00. The van der Waals surface area contributed by atoms with E-state index in [-0.39, 0.29) is 0 Å². The van der Waals surface area contributed by atoms with Gasteiger partial charge in [0.05, 0.1) is 24.4 Å². The maximum absolute atomic E-state index is 5.21. The molecular weight excluding hydrogens is 340 g/mol. The zero-order chi connectivity index (χ0) is 18.2. The molecule has 132 valence electrons. The van der Waals surface area contributed by atoms with Crippen molar-refractivity contribution in [2.75, 3.05) is 7.11 Å². The predicted octanol–water partition coefficient (Wildman–Crippen LogP) is 3.06. The van der Waals surface area contributed by atoms with E-state index in [1.165, 1.54) is 0 Å². The van der Waals surface area contributed by atoms with Crippen LogP contribution in [0.5, 0.6) is 5.75 Å². The predicted molar refractivity (Wildman–Crippen MR) is 101 cm³/mol. The number of nitrogens with zero attached hydrogens (tertiary/aromatic N) is 6. The number of hydrogen-bond acceptors (Lipinski definition) is 5. The smallest absolute Gasteiger partial charge is 0.174 e. The molecule has 0 atom stereocenters. The first-order chi connectivity index (χ1) is 13.3. The number of methoxy groups -OCH3 is 1. The second-order valence-corrected chi connectivity index (χ2v) is 6.21. The number of hydrogen-bond donors (Lipinski definition) is 0. The quantitative estimate of drug-likeness (QED) is 0.495. The van der Waals surface area contributed by atoms with Crippen LogP contribution >= 0.6 is 0 Å². The first-order valence-electron chi connectivity index (χ1n) is 8.58. The van der Waals surface area contributed by atoms with Gasteiger partial charge in [0.2, 0.25) is 0 Å². The molecule has 0 bridgehead atoms. The van der Waals surface area contributed by atoms with E-state index < -0.39 is 0 Å². The molecule has 2 aromatic carbocycles. The molecule has 0 unspecified atom stereocenters. The molecule has 0 N–H and O–H groups in total. The highest BCUT2D eigenvalue weighted by atomic mass is 16.5. The van der Waals surface area contributed by atoms with E-state index >= 15 is 0 Å². The van der Waals surface area contributed by atoms with Crippen LogP contribution in [0.1, 0.15) is 11.4 Å². The normalized spacial score (nSPS) is 11.3. The van der Waals surface area contributed by atoms with E-state index in [2.05, 4.69) is 20.3 Å². The van der Waals surface area contributed by atoms with Crippen LogP contribution in [0.2, 0.25) is 0 Å². The highest BCUT2D eigenvalue weighted by molar-refractivity contribution is 5.89. The van der Waals surface area contributed by atoms with E-state index in [0.29, 0.717) is 6.42 Å². The molecule has 0 saturated carbocycles. The second kappa shape index (κ2) is 6.21. The second-order valence-electron chi connectivity index (χ2n) is 6.21. The number of benzene rings is 2. The molecule has 3 aromatic heterocycles. The summed E-state index contributed by atoms with van der Waals surface area (Å²) in [6, 6.07) is 17.9. The van der Waals surface area contributed by atoms with Gasteiger partial charge in [0.1, 0.15) is 17.9 Å². The zero-order valence-electron chi connectivity index (χ0n) is 14.6. The molecule has 7 nitrogen and oxygen atoms in total. The van der Waals surface area contributed by atoms with Gasteiger partial charge in [0.25, 0.3) is 0 Å². The van der Waals surface area contributed by atoms with Crippen LogP contribution in [0.25, 0.3) is 22.4 Å². The molecule has 0 radical (unpaired) electrons. The van der Waals surface area contributed by atoms with Crippen LogP contribution in [-0.2, 0) is 6.42 Å². The molecule has 0 aliphatic heterocycles. The molecule has 0 aliphatic carbocycles. The van der Waals surface area contributed by atoms with Gasteiger partial charge in [-0.05, 0) is 29.8 Å². The average Bonchev–Trinajstić information content (AvgIpc) is 3.33. The molecule has 0 saturated heterocycles. The third kappa shape index (κ3) is 2.60. The average molecular weight is 356 g/mol. The Morgan fingerprint density at radius 3 is 2.52 bits per heavy atom. The summed E-state index contributed by atoms with van der Waals surface area (Å²) >= 11 is 0. The van der Waals surface area contributed by atoms with E-state index in [1.54, 1.807) is 19.6 Å². The molecule has 0 fully saturated rings. The van der Waals surface area contributed by atoms with Crippen LogP contribution in [0, 0.1) is 0 Å². The Bertz CT molecular complexity index is 1220. The van der Waals surface area contributed by atoms with Crippen LogP contribution in [0.15, 0.2) is 67.1 Å². The minimum Gasteiger partial charge on any atom is -0.497 e.